The van der Waals surface area contributed by atoms with E-state index in [1.807, 2.05) is 6.92 Å². The molecular weight excluding hydrogens is 352 g/mol. The van der Waals surface area contributed by atoms with Gasteiger partial charge in [-0.05, 0) is 51.4 Å². The van der Waals surface area contributed by atoms with Gasteiger partial charge in [0.05, 0.1) is 12.2 Å². The lowest BCUT2D eigenvalue weighted by Crippen LogP contribution is -2.48. The number of rotatable bonds is 5. The van der Waals surface area contributed by atoms with Gasteiger partial charge >= 0.3 is 0 Å². The topological polar surface area (TPSA) is 84.3 Å². The summed E-state index contributed by atoms with van der Waals surface area (Å²) in [6.07, 6.45) is 8.88. The predicted octanol–water partition coefficient (Wildman–Crippen LogP) is 2.00. The van der Waals surface area contributed by atoms with E-state index in [0.29, 0.717) is 19.5 Å². The van der Waals surface area contributed by atoms with Crippen LogP contribution in [0.3, 0.4) is 0 Å². The third kappa shape index (κ3) is 4.28. The molecule has 1 aliphatic heterocycles. The predicted molar refractivity (Wildman–Crippen MR) is 98.9 cm³/mol. The van der Waals surface area contributed by atoms with Crippen LogP contribution < -0.4 is 5.32 Å². The molecule has 8 heteroatoms. The van der Waals surface area contributed by atoms with Gasteiger partial charge in [0.25, 0.3) is 10.0 Å². The molecule has 1 saturated carbocycles. The first-order valence-electron chi connectivity index (χ1n) is 9.72. The van der Waals surface area contributed by atoms with Crippen LogP contribution in [0.5, 0.6) is 0 Å². The number of sulfonamides is 1. The fourth-order valence-electron chi connectivity index (χ4n) is 3.88. The fraction of sp³-hybridized carbons (Fsp3) is 0.778. The number of nitrogens with zero attached hydrogens (tertiary/aromatic N) is 3. The van der Waals surface area contributed by atoms with Crippen LogP contribution in [0.15, 0.2) is 17.6 Å². The molecule has 1 N–H and O–H groups in total. The third-order valence-corrected chi connectivity index (χ3v) is 7.45. The number of nitrogens with one attached hydrogen (secondary N) is 1. The van der Waals surface area contributed by atoms with Crippen molar-refractivity contribution in [3.8, 4) is 0 Å². The van der Waals surface area contributed by atoms with Crippen LogP contribution in [0.25, 0.3) is 0 Å². The average molecular weight is 383 g/mol. The average Bonchev–Trinajstić information content (AvgIpc) is 3.14. The summed E-state index contributed by atoms with van der Waals surface area (Å²) in [6, 6.07) is 0.242. The van der Waals surface area contributed by atoms with Crippen molar-refractivity contribution in [3.63, 3.8) is 0 Å². The zero-order valence-electron chi connectivity index (χ0n) is 15.7. The van der Waals surface area contributed by atoms with Gasteiger partial charge in [-0.3, -0.25) is 4.79 Å². The molecule has 1 aromatic rings. The molecule has 2 aliphatic rings. The quantitative estimate of drug-likeness (QED) is 0.844. The molecule has 1 aliphatic carbocycles. The van der Waals surface area contributed by atoms with E-state index in [-0.39, 0.29) is 29.4 Å². The molecule has 1 aromatic heterocycles. The summed E-state index contributed by atoms with van der Waals surface area (Å²) in [5.74, 6) is 0.469. The van der Waals surface area contributed by atoms with Crippen molar-refractivity contribution in [1.29, 1.82) is 0 Å². The lowest BCUT2D eigenvalue weighted by molar-refractivity contribution is -0.127. The van der Waals surface area contributed by atoms with Gasteiger partial charge in [-0.15, -0.1) is 0 Å². The second kappa shape index (κ2) is 8.08. The summed E-state index contributed by atoms with van der Waals surface area (Å²) in [5.41, 5.74) is 0. The van der Waals surface area contributed by atoms with Crippen LogP contribution >= 0.6 is 0 Å². The van der Waals surface area contributed by atoms with Crippen LogP contribution in [0.2, 0.25) is 0 Å². The Hall–Kier alpha value is -1.41. The fourth-order valence-corrected chi connectivity index (χ4v) is 5.34. The number of hydrogen-bond acceptors (Lipinski definition) is 4. The van der Waals surface area contributed by atoms with Crippen LogP contribution in [-0.2, 0) is 21.4 Å². The molecule has 0 bridgehead atoms. The zero-order chi connectivity index (χ0) is 18.7. The minimum absolute atomic E-state index is 0.00328. The molecule has 0 unspecified atom stereocenters. The number of imidazole rings is 1. The maximum absolute atomic E-state index is 12.8. The molecule has 2 fully saturated rings. The first kappa shape index (κ1) is 19.4. The van der Waals surface area contributed by atoms with Crippen molar-refractivity contribution < 1.29 is 13.2 Å². The van der Waals surface area contributed by atoms with Crippen molar-refractivity contribution in [2.75, 3.05) is 13.1 Å². The Morgan fingerprint density at radius 2 is 2.00 bits per heavy atom. The van der Waals surface area contributed by atoms with Crippen molar-refractivity contribution >= 4 is 15.9 Å². The van der Waals surface area contributed by atoms with E-state index in [4.69, 9.17) is 0 Å². The molecule has 0 aromatic carbocycles. The molecule has 7 nitrogen and oxygen atoms in total. The van der Waals surface area contributed by atoms with E-state index in [1.54, 1.807) is 10.8 Å². The van der Waals surface area contributed by atoms with Crippen LogP contribution in [0, 0.1) is 11.8 Å². The van der Waals surface area contributed by atoms with E-state index in [1.165, 1.54) is 10.6 Å². The van der Waals surface area contributed by atoms with Gasteiger partial charge < -0.3 is 9.88 Å². The zero-order valence-corrected chi connectivity index (χ0v) is 16.5. The number of carbonyl (C=O) groups is 1. The summed E-state index contributed by atoms with van der Waals surface area (Å²) in [6.45, 7) is 5.56. The van der Waals surface area contributed by atoms with Gasteiger partial charge in [-0.25, -0.2) is 13.4 Å². The molecule has 1 amide bonds. The molecule has 26 heavy (non-hydrogen) atoms. The summed E-state index contributed by atoms with van der Waals surface area (Å²) in [4.78, 5) is 16.7. The highest BCUT2D eigenvalue weighted by atomic mass is 32.2. The Morgan fingerprint density at radius 1 is 1.27 bits per heavy atom. The Morgan fingerprint density at radius 3 is 2.65 bits per heavy atom. The first-order chi connectivity index (χ1) is 12.4. The second-order valence-electron chi connectivity index (χ2n) is 7.71. The Kier molecular flexibility index (Phi) is 6.02. The molecule has 2 heterocycles. The number of hydrogen-bond donors (Lipinski definition) is 1. The normalized spacial score (nSPS) is 28.0. The highest BCUT2D eigenvalue weighted by Crippen LogP contribution is 2.26. The van der Waals surface area contributed by atoms with Crippen LogP contribution in [0.4, 0.5) is 0 Å². The maximum Gasteiger partial charge on any atom is 0.262 e. The van der Waals surface area contributed by atoms with E-state index in [9.17, 15) is 13.2 Å². The first-order valence-corrected chi connectivity index (χ1v) is 11.2. The van der Waals surface area contributed by atoms with Gasteiger partial charge in [0.1, 0.15) is 0 Å². The smallest absolute Gasteiger partial charge is 0.262 e. The summed E-state index contributed by atoms with van der Waals surface area (Å²) in [7, 11) is -3.64. The lowest BCUT2D eigenvalue weighted by atomic mass is 9.87. The molecule has 0 radical (unpaired) electrons. The van der Waals surface area contributed by atoms with Crippen molar-refractivity contribution in [3.05, 3.63) is 12.5 Å². The van der Waals surface area contributed by atoms with Crippen LogP contribution in [-0.4, -0.2) is 47.3 Å². The van der Waals surface area contributed by atoms with Gasteiger partial charge in [0, 0.05) is 31.9 Å². The molecular formula is C18H30N4O3S. The van der Waals surface area contributed by atoms with Gasteiger partial charge in [0.2, 0.25) is 5.91 Å². The highest BCUT2D eigenvalue weighted by molar-refractivity contribution is 7.89. The van der Waals surface area contributed by atoms with Gasteiger partial charge in [0.15, 0.2) is 5.03 Å². The minimum atomic E-state index is -3.64. The number of amides is 1. The van der Waals surface area contributed by atoms with Crippen molar-refractivity contribution in [2.45, 2.75) is 70.0 Å². The van der Waals surface area contributed by atoms with E-state index >= 15 is 0 Å². The number of carbonyl (C=O) groups excluding carboxylic acids is 1. The minimum Gasteiger partial charge on any atom is -0.353 e. The molecule has 146 valence electrons. The Bertz CT molecular complexity index is 723. The van der Waals surface area contributed by atoms with Crippen LogP contribution in [0.1, 0.15) is 52.4 Å². The number of aromatic nitrogens is 2. The Balaban J connectivity index is 1.62. The van der Waals surface area contributed by atoms with Crippen molar-refractivity contribution in [2.24, 2.45) is 11.8 Å². The number of aryl methyl sites for hydroxylation is 1. The molecule has 1 saturated heterocycles. The van der Waals surface area contributed by atoms with Gasteiger partial charge in [-0.1, -0.05) is 6.92 Å². The molecule has 1 atom stereocenters. The summed E-state index contributed by atoms with van der Waals surface area (Å²) < 4.78 is 28.8. The summed E-state index contributed by atoms with van der Waals surface area (Å²) in [5, 5.41) is 3.22. The maximum atomic E-state index is 12.8. The highest BCUT2D eigenvalue weighted by Gasteiger charge is 2.35. The van der Waals surface area contributed by atoms with E-state index in [0.717, 1.165) is 38.0 Å². The largest absolute Gasteiger partial charge is 0.353 e. The van der Waals surface area contributed by atoms with Gasteiger partial charge in [-0.2, -0.15) is 4.31 Å². The molecule has 0 spiro atoms. The monoisotopic (exact) mass is 382 g/mol. The molecule has 3 rings (SSSR count). The second-order valence-corrected chi connectivity index (χ2v) is 9.59. The number of piperidine rings is 1. The standard InChI is InChI=1S/C18H30N4O3S/c1-3-21-12-17(19-13-21)26(24,25)22-10-4-5-15(11-22)18(23)20-16-8-6-14(2)7-9-16/h12-16H,3-11H2,1-2H3,(H,20,23)/t14?,15-,16?/m0/s1. The Labute approximate surface area is 156 Å². The van der Waals surface area contributed by atoms with Crippen molar-refractivity contribution in [1.82, 2.24) is 19.2 Å². The third-order valence-electron chi connectivity index (χ3n) is 5.70. The SMILES string of the molecule is CCn1cnc(S(=O)(=O)N2CCC[C@H](C(=O)NC3CCC(C)CC3)C2)c1. The van der Waals surface area contributed by atoms with E-state index in [2.05, 4.69) is 17.2 Å². The van der Waals surface area contributed by atoms with E-state index < -0.39 is 10.0 Å². The summed E-state index contributed by atoms with van der Waals surface area (Å²) >= 11 is 0. The lowest BCUT2D eigenvalue weighted by Gasteiger charge is -2.33.